The molecular formula is C75H142O17P2. The molecule has 94 heavy (non-hydrogen) atoms. The number of carbonyl (C=O) groups is 4. The Balaban J connectivity index is 5.28. The van der Waals surface area contributed by atoms with E-state index in [-0.39, 0.29) is 25.7 Å². The number of allylic oxidation sites excluding steroid dienone is 4. The molecule has 0 aliphatic heterocycles. The van der Waals surface area contributed by atoms with Crippen LogP contribution >= 0.6 is 15.6 Å². The van der Waals surface area contributed by atoms with E-state index in [4.69, 9.17) is 37.0 Å². The molecule has 19 heteroatoms. The second-order valence-corrected chi connectivity index (χ2v) is 30.7. The molecule has 554 valence electrons. The minimum atomic E-state index is -4.96. The fourth-order valence-electron chi connectivity index (χ4n) is 10.9. The predicted molar refractivity (Wildman–Crippen MR) is 381 cm³/mol. The molecule has 0 heterocycles. The second-order valence-electron chi connectivity index (χ2n) is 27.8. The number of carbonyl (C=O) groups excluding carboxylic acids is 4. The van der Waals surface area contributed by atoms with Gasteiger partial charge in [-0.25, -0.2) is 9.13 Å². The van der Waals surface area contributed by atoms with Gasteiger partial charge in [0.05, 0.1) is 26.4 Å². The highest BCUT2D eigenvalue weighted by Crippen LogP contribution is 2.45. The van der Waals surface area contributed by atoms with Crippen LogP contribution in [-0.2, 0) is 65.4 Å². The summed E-state index contributed by atoms with van der Waals surface area (Å²) in [5, 5.41) is 10.6. The average molecular weight is 1380 g/mol. The Morgan fingerprint density at radius 1 is 0.330 bits per heavy atom. The number of ether oxygens (including phenoxy) is 4. The van der Waals surface area contributed by atoms with E-state index >= 15 is 0 Å². The van der Waals surface area contributed by atoms with Crippen LogP contribution < -0.4 is 0 Å². The number of esters is 4. The molecule has 5 atom stereocenters. The van der Waals surface area contributed by atoms with Gasteiger partial charge < -0.3 is 33.8 Å². The van der Waals surface area contributed by atoms with Crippen LogP contribution in [0.25, 0.3) is 0 Å². The first-order chi connectivity index (χ1) is 45.2. The number of unbranched alkanes of at least 4 members (excludes halogenated alkanes) is 36. The summed E-state index contributed by atoms with van der Waals surface area (Å²) >= 11 is 0. The quantitative estimate of drug-likeness (QED) is 0.0169. The highest BCUT2D eigenvalue weighted by molar-refractivity contribution is 7.47. The molecule has 0 amide bonds. The molecule has 0 aromatic rings. The minimum absolute atomic E-state index is 0.0843. The minimum Gasteiger partial charge on any atom is -0.462 e. The van der Waals surface area contributed by atoms with Crippen molar-refractivity contribution in [1.29, 1.82) is 0 Å². The molecule has 0 radical (unpaired) electrons. The number of aliphatic hydroxyl groups is 1. The van der Waals surface area contributed by atoms with Gasteiger partial charge in [-0.1, -0.05) is 304 Å². The smallest absolute Gasteiger partial charge is 0.462 e. The third-order valence-corrected chi connectivity index (χ3v) is 18.7. The largest absolute Gasteiger partial charge is 0.472 e. The zero-order valence-electron chi connectivity index (χ0n) is 60.9. The molecule has 0 rings (SSSR count). The summed E-state index contributed by atoms with van der Waals surface area (Å²) in [6.07, 6.45) is 53.6. The zero-order valence-corrected chi connectivity index (χ0v) is 62.7. The van der Waals surface area contributed by atoms with E-state index < -0.39 is 97.5 Å². The van der Waals surface area contributed by atoms with Gasteiger partial charge in [-0.05, 0) is 69.1 Å². The van der Waals surface area contributed by atoms with Crippen LogP contribution in [0, 0.1) is 17.8 Å². The maximum Gasteiger partial charge on any atom is 0.472 e. The van der Waals surface area contributed by atoms with Crippen LogP contribution in [0.3, 0.4) is 0 Å². The van der Waals surface area contributed by atoms with Gasteiger partial charge in [0.2, 0.25) is 0 Å². The number of phosphoric acid groups is 2. The first kappa shape index (κ1) is 91.5. The van der Waals surface area contributed by atoms with Gasteiger partial charge in [0, 0.05) is 25.7 Å². The molecule has 0 aliphatic carbocycles. The van der Waals surface area contributed by atoms with Crippen molar-refractivity contribution in [3.63, 3.8) is 0 Å². The maximum absolute atomic E-state index is 13.0. The Bertz CT molecular complexity index is 1930. The molecule has 0 bridgehead atoms. The molecule has 0 fully saturated rings. The van der Waals surface area contributed by atoms with Gasteiger partial charge >= 0.3 is 39.5 Å². The van der Waals surface area contributed by atoms with Crippen LogP contribution in [0.2, 0.25) is 0 Å². The van der Waals surface area contributed by atoms with E-state index in [2.05, 4.69) is 72.8 Å². The molecule has 0 spiro atoms. The fraction of sp³-hybridized carbons (Fsp3) is 0.893. The van der Waals surface area contributed by atoms with E-state index in [0.29, 0.717) is 31.6 Å². The van der Waals surface area contributed by atoms with E-state index in [9.17, 15) is 43.2 Å². The topological polar surface area (TPSA) is 237 Å². The van der Waals surface area contributed by atoms with Gasteiger partial charge in [0.15, 0.2) is 12.2 Å². The van der Waals surface area contributed by atoms with Crippen molar-refractivity contribution in [2.45, 2.75) is 375 Å². The Morgan fingerprint density at radius 2 is 0.574 bits per heavy atom. The van der Waals surface area contributed by atoms with E-state index in [1.165, 1.54) is 148 Å². The van der Waals surface area contributed by atoms with Crippen LogP contribution in [0.4, 0.5) is 0 Å². The van der Waals surface area contributed by atoms with E-state index in [1.54, 1.807) is 0 Å². The molecule has 0 saturated carbocycles. The number of phosphoric ester groups is 2. The lowest BCUT2D eigenvalue weighted by molar-refractivity contribution is -0.161. The zero-order chi connectivity index (χ0) is 69.4. The van der Waals surface area contributed by atoms with Gasteiger partial charge in [-0.2, -0.15) is 0 Å². The third-order valence-electron chi connectivity index (χ3n) is 16.8. The highest BCUT2D eigenvalue weighted by Gasteiger charge is 2.30. The first-order valence-electron chi connectivity index (χ1n) is 38.2. The molecule has 3 N–H and O–H groups in total. The molecule has 0 aromatic carbocycles. The Morgan fingerprint density at radius 3 is 0.862 bits per heavy atom. The van der Waals surface area contributed by atoms with Crippen molar-refractivity contribution in [1.82, 2.24) is 0 Å². The van der Waals surface area contributed by atoms with Gasteiger partial charge in [-0.15, -0.1) is 0 Å². The highest BCUT2D eigenvalue weighted by atomic mass is 31.2. The number of hydrogen-bond acceptors (Lipinski definition) is 15. The molecule has 0 saturated heterocycles. The van der Waals surface area contributed by atoms with Gasteiger partial charge in [-0.3, -0.25) is 37.3 Å². The molecule has 0 aliphatic rings. The lowest BCUT2D eigenvalue weighted by Gasteiger charge is -2.21. The molecule has 3 unspecified atom stereocenters. The summed E-state index contributed by atoms with van der Waals surface area (Å²) in [6, 6.07) is 0. The normalized spacial score (nSPS) is 14.3. The number of hydrogen-bond donors (Lipinski definition) is 3. The molecule has 0 aromatic heterocycles. The standard InChI is InChI=1S/C75H142O17P2/c1-8-9-10-11-12-13-14-15-16-20-23-28-36-44-51-58-74(79)91-70(62-85-72(77)56-49-42-35-30-25-27-33-40-47-54-67(4)5)64-89-93(81,82)87-60-69(76)61-88-94(83,84)90-65-71(63-86-73(78)57-50-43-38-31-34-41-48-55-68(6)7)92-75(80)59-52-45-37-29-24-21-18-17-19-22-26-32-39-46-53-66(2)3/h13-16,66-71,76H,8-12,17-65H2,1-7H3,(H,81,82)(H,83,84)/b14-13-,16-15-/t69?,70-,71-/m1/s1. The first-order valence-corrected chi connectivity index (χ1v) is 41.2. The van der Waals surface area contributed by atoms with E-state index in [1.807, 2.05) is 0 Å². The summed E-state index contributed by atoms with van der Waals surface area (Å²) in [6.45, 7) is 11.8. The summed E-state index contributed by atoms with van der Waals surface area (Å²) in [4.78, 5) is 72.7. The Kier molecular flexibility index (Phi) is 63.5. The average Bonchev–Trinajstić information content (AvgIpc) is 1.34. The SMILES string of the molecule is CCCCCC/C=C\C=C/CCCCCCCC(=O)O[C@H](COC(=O)CCCCCCCCCCCC(C)C)COP(=O)(O)OCC(O)COP(=O)(O)OC[C@@H](COC(=O)CCCCCCCCCC(C)C)OC(=O)CCCCCCCCCCCCCCCCC(C)C. The monoisotopic (exact) mass is 1380 g/mol. The Labute approximate surface area is 573 Å². The van der Waals surface area contributed by atoms with Gasteiger partial charge in [0.1, 0.15) is 19.3 Å². The summed E-state index contributed by atoms with van der Waals surface area (Å²) < 4.78 is 68.4. The number of rotatable bonds is 71. The number of aliphatic hydroxyl groups excluding tert-OH is 1. The third kappa shape index (κ3) is 68.1. The predicted octanol–water partition coefficient (Wildman–Crippen LogP) is 21.3. The van der Waals surface area contributed by atoms with Crippen LogP contribution in [-0.4, -0.2) is 96.7 Å². The summed E-state index contributed by atoms with van der Waals surface area (Å²) in [7, 11) is -9.92. The fourth-order valence-corrected chi connectivity index (χ4v) is 12.5. The summed E-state index contributed by atoms with van der Waals surface area (Å²) in [5.74, 6) is 0.0870. The van der Waals surface area contributed by atoms with Crippen LogP contribution in [0.1, 0.15) is 357 Å². The van der Waals surface area contributed by atoms with Crippen molar-refractivity contribution in [3.05, 3.63) is 24.3 Å². The maximum atomic E-state index is 13.0. The second kappa shape index (κ2) is 65.2. The van der Waals surface area contributed by atoms with Crippen LogP contribution in [0.15, 0.2) is 24.3 Å². The lowest BCUT2D eigenvalue weighted by Crippen LogP contribution is -2.30. The lowest BCUT2D eigenvalue weighted by atomic mass is 10.0. The molecule has 17 nitrogen and oxygen atoms in total. The van der Waals surface area contributed by atoms with Crippen molar-refractivity contribution in [2.75, 3.05) is 39.6 Å². The molecular weight excluding hydrogens is 1230 g/mol. The Hall–Kier alpha value is -2.46. The van der Waals surface area contributed by atoms with Gasteiger partial charge in [0.25, 0.3) is 0 Å². The van der Waals surface area contributed by atoms with Crippen LogP contribution in [0.5, 0.6) is 0 Å². The van der Waals surface area contributed by atoms with Crippen molar-refractivity contribution < 1.29 is 80.2 Å². The van der Waals surface area contributed by atoms with Crippen molar-refractivity contribution in [2.24, 2.45) is 17.8 Å². The summed E-state index contributed by atoms with van der Waals surface area (Å²) in [5.41, 5.74) is 0. The van der Waals surface area contributed by atoms with E-state index in [0.717, 1.165) is 121 Å². The van der Waals surface area contributed by atoms with Crippen molar-refractivity contribution >= 4 is 39.5 Å². The van der Waals surface area contributed by atoms with Crippen molar-refractivity contribution in [3.8, 4) is 0 Å².